The summed E-state index contributed by atoms with van der Waals surface area (Å²) in [5.41, 5.74) is 6.07. The first-order valence-corrected chi connectivity index (χ1v) is 11.2. The van der Waals surface area contributed by atoms with Crippen molar-refractivity contribution in [1.29, 1.82) is 0 Å². The summed E-state index contributed by atoms with van der Waals surface area (Å²) >= 11 is 3.88. The Bertz CT molecular complexity index is 642. The normalized spacial score (nSPS) is 22.4. The molecule has 2 amide bonds. The number of amides is 2. The average molecular weight is 598 g/mol. The van der Waals surface area contributed by atoms with E-state index in [0.29, 0.717) is 13.0 Å². The summed E-state index contributed by atoms with van der Waals surface area (Å²) in [4.78, 5) is 25.8. The highest BCUT2D eigenvalue weighted by Crippen LogP contribution is 2.52. The molecule has 27 heavy (non-hydrogen) atoms. The van der Waals surface area contributed by atoms with E-state index in [4.69, 9.17) is 5.73 Å². The molecular weight excluding hydrogens is 570 g/mol. The Kier molecular flexibility index (Phi) is 8.75. The molecule has 8 heteroatoms. The predicted octanol–water partition coefficient (Wildman–Crippen LogP) is 3.05. The summed E-state index contributed by atoms with van der Waals surface area (Å²) in [6, 6.07) is 9.73. The van der Waals surface area contributed by atoms with Crippen molar-refractivity contribution in [3.8, 4) is 0 Å². The van der Waals surface area contributed by atoms with E-state index in [0.717, 1.165) is 24.8 Å². The van der Waals surface area contributed by atoms with Gasteiger partial charge in [0.2, 0.25) is 5.91 Å². The van der Waals surface area contributed by atoms with E-state index in [1.165, 1.54) is 1.33 Å². The van der Waals surface area contributed by atoms with Crippen molar-refractivity contribution < 1.29 is 9.59 Å². The smallest absolute Gasteiger partial charge is 0.262 e. The second-order valence-corrected chi connectivity index (χ2v) is 11.1. The van der Waals surface area contributed by atoms with Gasteiger partial charge in [-0.15, -0.1) is 0 Å². The van der Waals surface area contributed by atoms with Gasteiger partial charge in [-0.3, -0.25) is 9.59 Å². The zero-order chi connectivity index (χ0) is 20.0. The van der Waals surface area contributed by atoms with E-state index < -0.39 is 11.6 Å². The number of nitrogens with one attached hydrogen (secondary N) is 2. The molecule has 1 aromatic carbocycles. The zero-order valence-electron chi connectivity index (χ0n) is 15.8. The largest absolute Gasteiger partial charge is 0.343 e. The van der Waals surface area contributed by atoms with Crippen LogP contribution in [0.5, 0.6) is 0 Å². The van der Waals surface area contributed by atoms with E-state index >= 15 is 0 Å². The second kappa shape index (κ2) is 10.4. The van der Waals surface area contributed by atoms with Crippen molar-refractivity contribution in [2.45, 2.75) is 63.1 Å². The Morgan fingerprint density at radius 3 is 2.48 bits per heavy atom. The molecule has 6 nitrogen and oxygen atoms in total. The van der Waals surface area contributed by atoms with E-state index in [9.17, 15) is 9.59 Å². The lowest BCUT2D eigenvalue weighted by Gasteiger charge is -2.26. The maximum Gasteiger partial charge on any atom is 0.262 e. The molecule has 1 fully saturated rings. The molecule has 3 atom stereocenters. The highest BCUT2D eigenvalue weighted by molar-refractivity contribution is 14.2. The summed E-state index contributed by atoms with van der Waals surface area (Å²) in [7, 11) is 0. The van der Waals surface area contributed by atoms with Gasteiger partial charge >= 0.3 is 0 Å². The van der Waals surface area contributed by atoms with Crippen LogP contribution in [0, 0.1) is 0 Å². The average Bonchev–Trinajstić information content (AvgIpc) is 3.35. The third-order valence-electron chi connectivity index (χ3n) is 4.83. The van der Waals surface area contributed by atoms with Gasteiger partial charge in [-0.25, -0.2) is 1.33 Å². The molecule has 1 aromatic rings. The molecule has 0 bridgehead atoms. The lowest BCUT2D eigenvalue weighted by Crippen LogP contribution is -2.55. The van der Waals surface area contributed by atoms with Gasteiger partial charge in [0.05, 0.1) is 45.7 Å². The molecular formula is C19H28I2N4O2. The van der Waals surface area contributed by atoms with Crippen molar-refractivity contribution in [3.63, 3.8) is 0 Å². The highest BCUT2D eigenvalue weighted by Gasteiger charge is 2.61. The number of carbonyl (C=O) groups excluding carboxylic acids is 2. The minimum Gasteiger partial charge on any atom is -0.343 e. The molecule has 0 spiro atoms. The first kappa shape index (κ1) is 22.8. The number of nitrogens with zero attached hydrogens (tertiary/aromatic N) is 1. The summed E-state index contributed by atoms with van der Waals surface area (Å²) < 4.78 is 1.48. The van der Waals surface area contributed by atoms with Crippen molar-refractivity contribution >= 4 is 57.5 Å². The number of unbranched alkanes of at least 4 members (excludes halogenated alkanes) is 1. The summed E-state index contributed by atoms with van der Waals surface area (Å²) in [5, 5.41) is 6.48. The van der Waals surface area contributed by atoms with Crippen LogP contribution in [0.25, 0.3) is 0 Å². The lowest BCUT2D eigenvalue weighted by atomic mass is 10.0. The van der Waals surface area contributed by atoms with Gasteiger partial charge in [0.15, 0.2) is 0 Å². The number of halogens is 2. The number of carbonyl (C=O) groups is 2. The number of nitrogens with two attached hydrogens (primary N) is 1. The molecule has 1 saturated carbocycles. The minimum absolute atomic E-state index is 0.0919. The number of rotatable bonds is 10. The molecule has 0 aliphatic heterocycles. The van der Waals surface area contributed by atoms with Crippen LogP contribution < -0.4 is 16.4 Å². The molecule has 1 aliphatic rings. The topological polar surface area (TPSA) is 87.5 Å². The van der Waals surface area contributed by atoms with E-state index in [2.05, 4.69) is 22.8 Å². The Labute approximate surface area is 189 Å². The van der Waals surface area contributed by atoms with Crippen LogP contribution in [0.3, 0.4) is 0 Å². The fourth-order valence-electron chi connectivity index (χ4n) is 3.50. The van der Waals surface area contributed by atoms with Gasteiger partial charge in [-0.1, -0.05) is 30.3 Å². The van der Waals surface area contributed by atoms with Crippen molar-refractivity contribution in [3.05, 3.63) is 35.9 Å². The summed E-state index contributed by atoms with van der Waals surface area (Å²) in [5.74, 6) is -0.0693. The number of hydrogen-bond donors (Lipinski definition) is 3. The monoisotopic (exact) mass is 598 g/mol. The first-order valence-electron chi connectivity index (χ1n) is 9.31. The first-order chi connectivity index (χ1) is 12.8. The quantitative estimate of drug-likeness (QED) is 0.220. The Morgan fingerprint density at radius 1 is 1.26 bits per heavy atom. The molecule has 0 heterocycles. The van der Waals surface area contributed by atoms with Crippen LogP contribution in [-0.4, -0.2) is 37.3 Å². The number of hydrogen-bond acceptors (Lipinski definition) is 4. The second-order valence-electron chi connectivity index (χ2n) is 7.32. The standard InChI is InChI=1S/C19H28I2N4O2/c1-13(2)24-19(12-15(19)14-8-4-3-5-9-14)18(27)23-16(10-6-7-11-22)17(26)25(20)21/h3-5,8-9,13,15-16,24H,6-7,10-12,22H2,1-2H3,(H,23,27)/t15-,16-,19?/m0/s1. The van der Waals surface area contributed by atoms with Crippen molar-refractivity contribution in [2.24, 2.45) is 5.73 Å². The summed E-state index contributed by atoms with van der Waals surface area (Å²) in [6.45, 7) is 4.66. The molecule has 4 N–H and O–H groups in total. The minimum atomic E-state index is -0.650. The summed E-state index contributed by atoms with van der Waals surface area (Å²) in [6.07, 6.45) is 2.98. The maximum atomic E-state index is 13.2. The molecule has 1 aliphatic carbocycles. The van der Waals surface area contributed by atoms with Crippen molar-refractivity contribution in [1.82, 2.24) is 12.0 Å². The highest BCUT2D eigenvalue weighted by atomic mass is 127. The zero-order valence-corrected chi connectivity index (χ0v) is 20.1. The Morgan fingerprint density at radius 2 is 1.93 bits per heavy atom. The van der Waals surface area contributed by atoms with Gasteiger partial charge < -0.3 is 16.4 Å². The third kappa shape index (κ3) is 6.01. The fourth-order valence-corrected chi connectivity index (χ4v) is 4.17. The van der Waals surface area contributed by atoms with Crippen LogP contribution in [0.1, 0.15) is 51.0 Å². The maximum absolute atomic E-state index is 13.2. The van der Waals surface area contributed by atoms with Gasteiger partial charge in [0.1, 0.15) is 11.6 Å². The van der Waals surface area contributed by atoms with E-state index in [-0.39, 0.29) is 23.8 Å². The molecule has 150 valence electrons. The third-order valence-corrected chi connectivity index (χ3v) is 5.78. The van der Waals surface area contributed by atoms with E-state index in [1.54, 1.807) is 0 Å². The van der Waals surface area contributed by atoms with Gasteiger partial charge in [0.25, 0.3) is 5.91 Å². The van der Waals surface area contributed by atoms with Crippen LogP contribution in [0.4, 0.5) is 0 Å². The Hall–Kier alpha value is -0.460. The van der Waals surface area contributed by atoms with Gasteiger partial charge in [-0.2, -0.15) is 0 Å². The van der Waals surface area contributed by atoms with Crippen LogP contribution in [0.15, 0.2) is 30.3 Å². The predicted molar refractivity (Wildman–Crippen MR) is 125 cm³/mol. The fraction of sp³-hybridized carbons (Fsp3) is 0.579. The molecule has 0 saturated heterocycles. The van der Waals surface area contributed by atoms with Gasteiger partial charge in [0, 0.05) is 12.0 Å². The van der Waals surface area contributed by atoms with Crippen molar-refractivity contribution in [2.75, 3.05) is 6.54 Å². The molecule has 1 unspecified atom stereocenters. The van der Waals surface area contributed by atoms with Crippen LogP contribution >= 0.6 is 45.7 Å². The molecule has 0 aromatic heterocycles. The Balaban J connectivity index is 2.15. The van der Waals surface area contributed by atoms with Crippen LogP contribution in [0.2, 0.25) is 0 Å². The van der Waals surface area contributed by atoms with Crippen LogP contribution in [-0.2, 0) is 9.59 Å². The number of benzene rings is 1. The van der Waals surface area contributed by atoms with E-state index in [1.807, 2.05) is 77.8 Å². The molecule has 0 radical (unpaired) electrons. The molecule has 2 rings (SSSR count). The SMILES string of the molecule is CC(C)NC1(C(=O)N[C@@H](CCCCN)C(=O)N(I)I)C[C@H]1c1ccccc1. The van der Waals surface area contributed by atoms with Gasteiger partial charge in [-0.05, 0) is 51.6 Å². The lowest BCUT2D eigenvalue weighted by molar-refractivity contribution is -0.131.